The summed E-state index contributed by atoms with van der Waals surface area (Å²) in [5.74, 6) is 0.604. The Balaban J connectivity index is 2.01. The third-order valence-electron chi connectivity index (χ3n) is 3.90. The number of nitrogens with zero attached hydrogens (tertiary/aromatic N) is 3. The summed E-state index contributed by atoms with van der Waals surface area (Å²) in [6.07, 6.45) is 3.63. The first kappa shape index (κ1) is 16.1. The first-order valence-electron chi connectivity index (χ1n) is 8.15. The zero-order chi connectivity index (χ0) is 16.9. The van der Waals surface area contributed by atoms with E-state index in [-0.39, 0.29) is 5.91 Å². The van der Waals surface area contributed by atoms with Gasteiger partial charge in [-0.05, 0) is 30.7 Å². The van der Waals surface area contributed by atoms with Crippen molar-refractivity contribution in [3.05, 3.63) is 60.5 Å². The normalized spacial score (nSPS) is 10.8. The number of para-hydroxylation sites is 1. The van der Waals surface area contributed by atoms with Gasteiger partial charge >= 0.3 is 0 Å². The van der Waals surface area contributed by atoms with Crippen molar-refractivity contribution in [2.24, 2.45) is 0 Å². The summed E-state index contributed by atoms with van der Waals surface area (Å²) in [5.41, 5.74) is 2.03. The van der Waals surface area contributed by atoms with Crippen LogP contribution in [-0.4, -0.2) is 34.2 Å². The van der Waals surface area contributed by atoms with E-state index in [4.69, 9.17) is 4.42 Å². The zero-order valence-corrected chi connectivity index (χ0v) is 14.0. The van der Waals surface area contributed by atoms with E-state index in [1.54, 1.807) is 21.9 Å². The molecule has 0 aliphatic rings. The Bertz CT molecular complexity index is 791. The maximum absolute atomic E-state index is 12.9. The molecule has 0 bridgehead atoms. The number of hydrogen-bond donors (Lipinski definition) is 0. The van der Waals surface area contributed by atoms with Crippen LogP contribution < -0.4 is 0 Å². The molecule has 3 aromatic rings. The molecule has 1 aromatic carbocycles. The third-order valence-corrected chi connectivity index (χ3v) is 3.90. The van der Waals surface area contributed by atoms with Crippen molar-refractivity contribution in [1.29, 1.82) is 0 Å². The molecular weight excluding hydrogens is 302 g/mol. The van der Waals surface area contributed by atoms with Crippen LogP contribution in [0.4, 0.5) is 0 Å². The van der Waals surface area contributed by atoms with Crippen LogP contribution >= 0.6 is 0 Å². The number of carbonyl (C=O) groups excluding carboxylic acids is 1. The molecule has 0 saturated carbocycles. The lowest BCUT2D eigenvalue weighted by molar-refractivity contribution is 0.0784. The molecule has 0 aliphatic heterocycles. The van der Waals surface area contributed by atoms with Crippen LogP contribution in [0.5, 0.6) is 0 Å². The lowest BCUT2D eigenvalue weighted by Crippen LogP contribution is -2.29. The Morgan fingerprint density at radius 2 is 2.00 bits per heavy atom. The van der Waals surface area contributed by atoms with E-state index in [0.717, 1.165) is 25.1 Å². The number of carbonyl (C=O) groups is 1. The summed E-state index contributed by atoms with van der Waals surface area (Å²) in [4.78, 5) is 14.6. The van der Waals surface area contributed by atoms with Gasteiger partial charge in [-0.3, -0.25) is 4.79 Å². The van der Waals surface area contributed by atoms with E-state index in [0.29, 0.717) is 17.1 Å². The Hall–Kier alpha value is -2.82. The van der Waals surface area contributed by atoms with E-state index in [1.807, 2.05) is 49.5 Å². The highest BCUT2D eigenvalue weighted by molar-refractivity contribution is 5.94. The van der Waals surface area contributed by atoms with Crippen molar-refractivity contribution >= 4 is 5.91 Å². The summed E-state index contributed by atoms with van der Waals surface area (Å²) in [5, 5.41) is 4.58. The maximum atomic E-state index is 12.9. The van der Waals surface area contributed by atoms with Crippen LogP contribution in [0, 0.1) is 0 Å². The van der Waals surface area contributed by atoms with Gasteiger partial charge in [0, 0.05) is 19.7 Å². The van der Waals surface area contributed by atoms with Crippen molar-refractivity contribution in [3.63, 3.8) is 0 Å². The molecule has 0 unspecified atom stereocenters. The van der Waals surface area contributed by atoms with E-state index in [1.165, 1.54) is 0 Å². The maximum Gasteiger partial charge on any atom is 0.272 e. The molecule has 24 heavy (non-hydrogen) atoms. The summed E-state index contributed by atoms with van der Waals surface area (Å²) < 4.78 is 7.11. The topological polar surface area (TPSA) is 51.3 Å². The van der Waals surface area contributed by atoms with Gasteiger partial charge in [0.2, 0.25) is 0 Å². The van der Waals surface area contributed by atoms with Crippen LogP contribution in [0.3, 0.4) is 0 Å². The van der Waals surface area contributed by atoms with Gasteiger partial charge < -0.3 is 9.32 Å². The Kier molecular flexibility index (Phi) is 4.79. The summed E-state index contributed by atoms with van der Waals surface area (Å²) in [6.45, 7) is 2.84. The number of aromatic nitrogens is 2. The van der Waals surface area contributed by atoms with Crippen molar-refractivity contribution in [3.8, 4) is 17.1 Å². The number of rotatable bonds is 6. The zero-order valence-electron chi connectivity index (χ0n) is 14.0. The Morgan fingerprint density at radius 3 is 2.67 bits per heavy atom. The molecule has 0 fully saturated rings. The second kappa shape index (κ2) is 7.17. The summed E-state index contributed by atoms with van der Waals surface area (Å²) >= 11 is 0. The second-order valence-corrected chi connectivity index (χ2v) is 5.72. The number of furan rings is 1. The average Bonchev–Trinajstić information content (AvgIpc) is 3.28. The van der Waals surface area contributed by atoms with Crippen molar-refractivity contribution < 1.29 is 9.21 Å². The highest BCUT2D eigenvalue weighted by atomic mass is 16.3. The van der Waals surface area contributed by atoms with Crippen LogP contribution in [0.25, 0.3) is 17.1 Å². The minimum Gasteiger partial charge on any atom is -0.463 e. The predicted molar refractivity (Wildman–Crippen MR) is 93.1 cm³/mol. The minimum absolute atomic E-state index is 0.0439. The first-order valence-corrected chi connectivity index (χ1v) is 8.15. The van der Waals surface area contributed by atoms with Gasteiger partial charge in [0.25, 0.3) is 5.91 Å². The van der Waals surface area contributed by atoms with Gasteiger partial charge in [-0.2, -0.15) is 5.10 Å². The fourth-order valence-electron chi connectivity index (χ4n) is 2.54. The predicted octanol–water partition coefficient (Wildman–Crippen LogP) is 4.00. The molecular formula is C19H21N3O2. The van der Waals surface area contributed by atoms with E-state index in [9.17, 15) is 4.79 Å². The van der Waals surface area contributed by atoms with Gasteiger partial charge in [-0.25, -0.2) is 4.68 Å². The van der Waals surface area contributed by atoms with E-state index in [2.05, 4.69) is 12.0 Å². The molecule has 2 heterocycles. The molecule has 1 amide bonds. The molecule has 2 aromatic heterocycles. The lowest BCUT2D eigenvalue weighted by Gasteiger charge is -2.17. The fourth-order valence-corrected chi connectivity index (χ4v) is 2.54. The molecule has 0 spiro atoms. The Morgan fingerprint density at radius 1 is 1.21 bits per heavy atom. The van der Waals surface area contributed by atoms with Crippen LogP contribution in [0.1, 0.15) is 30.3 Å². The van der Waals surface area contributed by atoms with Crippen molar-refractivity contribution in [1.82, 2.24) is 14.7 Å². The van der Waals surface area contributed by atoms with E-state index >= 15 is 0 Å². The molecule has 0 saturated heterocycles. The molecule has 0 radical (unpaired) electrons. The Labute approximate surface area is 141 Å². The lowest BCUT2D eigenvalue weighted by atomic mass is 10.2. The number of hydrogen-bond acceptors (Lipinski definition) is 3. The van der Waals surface area contributed by atoms with Gasteiger partial charge in [0.05, 0.1) is 12.0 Å². The van der Waals surface area contributed by atoms with Gasteiger partial charge in [-0.15, -0.1) is 0 Å². The molecule has 5 nitrogen and oxygen atoms in total. The van der Waals surface area contributed by atoms with Gasteiger partial charge in [0.1, 0.15) is 11.4 Å². The molecule has 124 valence electrons. The summed E-state index contributed by atoms with van der Waals surface area (Å²) in [7, 11) is 1.83. The smallest absolute Gasteiger partial charge is 0.272 e. The molecule has 5 heteroatoms. The molecule has 0 aliphatic carbocycles. The van der Waals surface area contributed by atoms with E-state index < -0.39 is 0 Å². The van der Waals surface area contributed by atoms with Crippen molar-refractivity contribution in [2.45, 2.75) is 19.8 Å². The molecule has 3 rings (SSSR count). The molecule has 0 atom stereocenters. The summed E-state index contributed by atoms with van der Waals surface area (Å²) in [6, 6.07) is 15.1. The number of unbranched alkanes of at least 4 members (excludes halogenated alkanes) is 1. The average molecular weight is 323 g/mol. The largest absolute Gasteiger partial charge is 0.463 e. The highest BCUT2D eigenvalue weighted by Crippen LogP contribution is 2.23. The number of benzene rings is 1. The second-order valence-electron chi connectivity index (χ2n) is 5.72. The fraction of sp³-hybridized carbons (Fsp3) is 0.263. The SMILES string of the molecule is CCCCN(C)C(=O)c1cc(-c2ccco2)nn1-c1ccccc1. The van der Waals surface area contributed by atoms with Crippen LogP contribution in [0.2, 0.25) is 0 Å². The third kappa shape index (κ3) is 3.25. The first-order chi connectivity index (χ1) is 11.7. The van der Waals surface area contributed by atoms with Gasteiger partial charge in [0.15, 0.2) is 5.76 Å². The van der Waals surface area contributed by atoms with Gasteiger partial charge in [-0.1, -0.05) is 31.5 Å². The monoisotopic (exact) mass is 323 g/mol. The molecule has 0 N–H and O–H groups in total. The standard InChI is InChI=1S/C19H21N3O2/c1-3-4-12-21(2)19(23)17-14-16(18-11-8-13-24-18)20-22(17)15-9-6-5-7-10-15/h5-11,13-14H,3-4,12H2,1-2H3. The highest BCUT2D eigenvalue weighted by Gasteiger charge is 2.21. The van der Waals surface area contributed by atoms with Crippen LogP contribution in [-0.2, 0) is 0 Å². The van der Waals surface area contributed by atoms with Crippen LogP contribution in [0.15, 0.2) is 59.2 Å². The number of amides is 1. The van der Waals surface area contributed by atoms with Crippen molar-refractivity contribution in [2.75, 3.05) is 13.6 Å². The quantitative estimate of drug-likeness (QED) is 0.689. The minimum atomic E-state index is -0.0439.